The lowest BCUT2D eigenvalue weighted by molar-refractivity contribution is -0.376. The Balaban J connectivity index is 2.02. The van der Waals surface area contributed by atoms with Gasteiger partial charge in [0.05, 0.1) is 5.97 Å². The van der Waals surface area contributed by atoms with E-state index in [0.29, 0.717) is 23.9 Å². The van der Waals surface area contributed by atoms with Crippen LogP contribution in [-0.4, -0.2) is 23.4 Å². The van der Waals surface area contributed by atoms with Gasteiger partial charge in [0.2, 0.25) is 0 Å². The molecule has 3 aromatic carbocycles. The minimum absolute atomic E-state index is 0.0558. The summed E-state index contributed by atoms with van der Waals surface area (Å²) in [5, 5.41) is 33.4. The molecular formula is C24H12F8O4S-2. The van der Waals surface area contributed by atoms with Gasteiger partial charge in [-0.05, 0) is 59.2 Å². The standard InChI is InChI=1S/C24H14F8O4S/c25-14-3-1-12(2-4-14)19(11-21(34)35)18-6-5-16(10-20(18)33)37-17-8-13(7-15(26)9-17)22(36,23(27,28)29)24(30,31)32/h1-11,33,36H,(H,34,35)/p-2/b19-11-. The Labute approximate surface area is 207 Å². The van der Waals surface area contributed by atoms with Gasteiger partial charge in [-0.25, -0.2) is 8.78 Å². The van der Waals surface area contributed by atoms with E-state index in [9.17, 15) is 55.2 Å². The zero-order valence-corrected chi connectivity index (χ0v) is 18.8. The molecule has 0 unspecified atom stereocenters. The molecule has 13 heteroatoms. The number of hydrogen-bond donors (Lipinski definition) is 1. The van der Waals surface area contributed by atoms with E-state index in [1.54, 1.807) is 0 Å². The van der Waals surface area contributed by atoms with Crippen molar-refractivity contribution < 1.29 is 55.2 Å². The summed E-state index contributed by atoms with van der Waals surface area (Å²) in [6, 6.07) is 8.38. The van der Waals surface area contributed by atoms with Gasteiger partial charge in [-0.3, -0.25) is 0 Å². The van der Waals surface area contributed by atoms with Crippen molar-refractivity contribution in [3.63, 3.8) is 0 Å². The maximum absolute atomic E-state index is 14.0. The summed E-state index contributed by atoms with van der Waals surface area (Å²) in [7, 11) is 0. The first kappa shape index (κ1) is 28.0. The van der Waals surface area contributed by atoms with Gasteiger partial charge in [-0.15, -0.1) is 0 Å². The minimum atomic E-state index is -6.23. The number of carboxylic acids is 1. The van der Waals surface area contributed by atoms with E-state index in [2.05, 4.69) is 0 Å². The molecule has 0 spiro atoms. The van der Waals surface area contributed by atoms with Crippen LogP contribution in [0.2, 0.25) is 0 Å². The molecule has 0 amide bonds. The zero-order chi connectivity index (χ0) is 27.8. The van der Waals surface area contributed by atoms with Crippen LogP contribution in [0.3, 0.4) is 0 Å². The van der Waals surface area contributed by atoms with Gasteiger partial charge in [-0.2, -0.15) is 26.3 Å². The topological polar surface area (TPSA) is 83.4 Å². The van der Waals surface area contributed by atoms with Crippen molar-refractivity contribution in [2.75, 3.05) is 0 Å². The van der Waals surface area contributed by atoms with E-state index in [-0.39, 0.29) is 33.7 Å². The number of carbonyl (C=O) groups is 1. The lowest BCUT2D eigenvalue weighted by Crippen LogP contribution is -2.54. The number of aliphatic hydroxyl groups is 1. The summed E-state index contributed by atoms with van der Waals surface area (Å²) < 4.78 is 106. The number of benzene rings is 3. The lowest BCUT2D eigenvalue weighted by atomic mass is 9.92. The van der Waals surface area contributed by atoms with Crippen LogP contribution in [0.15, 0.2) is 76.5 Å². The van der Waals surface area contributed by atoms with Crippen LogP contribution in [-0.2, 0) is 10.4 Å². The van der Waals surface area contributed by atoms with Crippen molar-refractivity contribution in [3.8, 4) is 5.75 Å². The van der Waals surface area contributed by atoms with Crippen LogP contribution in [0.4, 0.5) is 35.1 Å². The largest absolute Gasteiger partial charge is 0.872 e. The molecule has 0 saturated heterocycles. The Morgan fingerprint density at radius 1 is 0.811 bits per heavy atom. The molecule has 0 atom stereocenters. The molecule has 0 aliphatic carbocycles. The molecule has 0 bridgehead atoms. The summed E-state index contributed by atoms with van der Waals surface area (Å²) in [6.07, 6.45) is -11.9. The Morgan fingerprint density at radius 3 is 1.92 bits per heavy atom. The molecule has 0 aliphatic rings. The van der Waals surface area contributed by atoms with E-state index in [4.69, 9.17) is 0 Å². The van der Waals surface area contributed by atoms with Gasteiger partial charge in [0, 0.05) is 15.4 Å². The molecule has 196 valence electrons. The fourth-order valence-corrected chi connectivity index (χ4v) is 4.24. The van der Waals surface area contributed by atoms with Crippen LogP contribution in [0.25, 0.3) is 5.57 Å². The predicted molar refractivity (Wildman–Crippen MR) is 111 cm³/mol. The van der Waals surface area contributed by atoms with Gasteiger partial charge < -0.3 is 20.1 Å². The first-order valence-electron chi connectivity index (χ1n) is 9.87. The van der Waals surface area contributed by atoms with E-state index >= 15 is 0 Å². The third kappa shape index (κ3) is 5.88. The average Bonchev–Trinajstić information content (AvgIpc) is 2.76. The number of rotatable bonds is 6. The minimum Gasteiger partial charge on any atom is -0.872 e. The van der Waals surface area contributed by atoms with Crippen molar-refractivity contribution in [3.05, 3.63) is 95.1 Å². The van der Waals surface area contributed by atoms with Gasteiger partial charge >= 0.3 is 12.4 Å². The first-order valence-corrected chi connectivity index (χ1v) is 10.7. The Bertz CT molecular complexity index is 1330. The molecule has 3 aromatic rings. The molecule has 1 N–H and O–H groups in total. The zero-order valence-electron chi connectivity index (χ0n) is 18.0. The molecule has 0 aromatic heterocycles. The summed E-state index contributed by atoms with van der Waals surface area (Å²) >= 11 is 0.416. The summed E-state index contributed by atoms with van der Waals surface area (Å²) in [5.74, 6) is -4.64. The second kappa shape index (κ2) is 10.1. The van der Waals surface area contributed by atoms with Crippen molar-refractivity contribution in [1.29, 1.82) is 0 Å². The molecule has 0 radical (unpaired) electrons. The number of alkyl halides is 6. The highest BCUT2D eigenvalue weighted by molar-refractivity contribution is 7.99. The number of halogens is 8. The second-order valence-corrected chi connectivity index (χ2v) is 8.67. The number of hydrogen-bond acceptors (Lipinski definition) is 5. The Morgan fingerprint density at radius 2 is 1.41 bits per heavy atom. The molecule has 3 rings (SSSR count). The Hall–Kier alpha value is -3.58. The van der Waals surface area contributed by atoms with Crippen LogP contribution < -0.4 is 10.2 Å². The van der Waals surface area contributed by atoms with Gasteiger partial charge in [0.1, 0.15) is 11.6 Å². The maximum Gasteiger partial charge on any atom is 0.430 e. The van der Waals surface area contributed by atoms with Gasteiger partial charge in [-0.1, -0.05) is 41.8 Å². The normalized spacial score (nSPS) is 13.1. The summed E-state index contributed by atoms with van der Waals surface area (Å²) in [5.41, 5.74) is -7.38. The van der Waals surface area contributed by atoms with Crippen molar-refractivity contribution in [2.24, 2.45) is 0 Å². The first-order chi connectivity index (χ1) is 17.0. The number of aliphatic carboxylic acids is 1. The third-order valence-corrected chi connectivity index (χ3v) is 5.97. The van der Waals surface area contributed by atoms with Crippen LogP contribution in [0.1, 0.15) is 16.7 Å². The van der Waals surface area contributed by atoms with Gasteiger partial charge in [0.25, 0.3) is 5.60 Å². The second-order valence-electron chi connectivity index (χ2n) is 7.53. The van der Waals surface area contributed by atoms with Crippen LogP contribution in [0, 0.1) is 11.6 Å². The van der Waals surface area contributed by atoms with Crippen molar-refractivity contribution >= 4 is 23.3 Å². The van der Waals surface area contributed by atoms with E-state index in [1.807, 2.05) is 0 Å². The average molecular weight is 548 g/mol. The highest BCUT2D eigenvalue weighted by atomic mass is 32.2. The van der Waals surface area contributed by atoms with E-state index in [1.165, 1.54) is 18.2 Å². The predicted octanol–water partition coefficient (Wildman–Crippen LogP) is 4.68. The number of carbonyl (C=O) groups excluding carboxylic acids is 1. The fourth-order valence-electron chi connectivity index (χ4n) is 3.31. The maximum atomic E-state index is 14.0. The molecule has 0 saturated carbocycles. The summed E-state index contributed by atoms with van der Waals surface area (Å²) in [6.45, 7) is 0. The highest BCUT2D eigenvalue weighted by Crippen LogP contribution is 2.51. The molecular weight excluding hydrogens is 536 g/mol. The van der Waals surface area contributed by atoms with E-state index in [0.717, 1.165) is 24.3 Å². The molecule has 0 heterocycles. The molecule has 0 aliphatic heterocycles. The SMILES string of the molecule is O=C([O-])/C=C(/c1ccc(F)cc1)c1ccc(Sc2cc(F)cc(C(O)(C(F)(F)F)C(F)(F)F)c2)cc1[O-]. The van der Waals surface area contributed by atoms with Crippen LogP contribution >= 0.6 is 11.8 Å². The van der Waals surface area contributed by atoms with E-state index < -0.39 is 51.8 Å². The van der Waals surface area contributed by atoms with Crippen LogP contribution in [0.5, 0.6) is 5.75 Å². The quantitative estimate of drug-likeness (QED) is 0.357. The third-order valence-electron chi connectivity index (χ3n) is 5.01. The monoisotopic (exact) mass is 548 g/mol. The molecule has 37 heavy (non-hydrogen) atoms. The van der Waals surface area contributed by atoms with Crippen molar-refractivity contribution in [1.82, 2.24) is 0 Å². The molecule has 4 nitrogen and oxygen atoms in total. The van der Waals surface area contributed by atoms with Gasteiger partial charge in [0.15, 0.2) is 0 Å². The summed E-state index contributed by atoms with van der Waals surface area (Å²) in [4.78, 5) is 10.6. The van der Waals surface area contributed by atoms with Crippen molar-refractivity contribution in [2.45, 2.75) is 27.7 Å². The Kier molecular flexibility index (Phi) is 7.61. The molecule has 0 fully saturated rings. The number of carboxylic acid groups (broad SMARTS) is 1. The fraction of sp³-hybridized carbons (Fsp3) is 0.125. The smallest absolute Gasteiger partial charge is 0.430 e. The highest BCUT2D eigenvalue weighted by Gasteiger charge is 2.71. The lowest BCUT2D eigenvalue weighted by Gasteiger charge is -2.32.